The summed E-state index contributed by atoms with van der Waals surface area (Å²) in [6.45, 7) is 2.10. The average Bonchev–Trinajstić information content (AvgIpc) is 2.72. The quantitative estimate of drug-likeness (QED) is 0.780. The van der Waals surface area contributed by atoms with Crippen LogP contribution in [0.4, 0.5) is 5.82 Å². The molecule has 0 spiro atoms. The molecule has 0 aliphatic heterocycles. The van der Waals surface area contributed by atoms with Gasteiger partial charge in [-0.3, -0.25) is 0 Å². The van der Waals surface area contributed by atoms with Gasteiger partial charge in [0.2, 0.25) is 0 Å². The van der Waals surface area contributed by atoms with Crippen LogP contribution in [0.25, 0.3) is 5.65 Å². The highest BCUT2D eigenvalue weighted by atomic mass is 16.5. The molecule has 0 aromatic carbocycles. The number of esters is 1. The Hall–Kier alpha value is -2.11. The van der Waals surface area contributed by atoms with Gasteiger partial charge in [-0.15, -0.1) is 0 Å². The Labute approximate surface area is 92.3 Å². The van der Waals surface area contributed by atoms with E-state index in [1.165, 1.54) is 0 Å². The number of anilines is 1. The molecule has 2 rings (SSSR count). The largest absolute Gasteiger partial charge is 0.461 e. The summed E-state index contributed by atoms with van der Waals surface area (Å²) in [5.41, 5.74) is 0.888. The minimum atomic E-state index is -0.423. The van der Waals surface area contributed by atoms with Crippen LogP contribution in [0.15, 0.2) is 18.6 Å². The zero-order chi connectivity index (χ0) is 11.5. The van der Waals surface area contributed by atoms with Gasteiger partial charge in [0.15, 0.2) is 17.2 Å². The molecule has 0 atom stereocenters. The summed E-state index contributed by atoms with van der Waals surface area (Å²) in [4.78, 5) is 19.7. The van der Waals surface area contributed by atoms with Crippen molar-refractivity contribution < 1.29 is 9.53 Å². The predicted molar refractivity (Wildman–Crippen MR) is 58.5 cm³/mol. The van der Waals surface area contributed by atoms with Gasteiger partial charge in [-0.2, -0.15) is 0 Å². The van der Waals surface area contributed by atoms with Crippen LogP contribution >= 0.6 is 0 Å². The van der Waals surface area contributed by atoms with Crippen molar-refractivity contribution in [3.05, 3.63) is 24.3 Å². The molecule has 2 heterocycles. The van der Waals surface area contributed by atoms with Gasteiger partial charge < -0.3 is 14.5 Å². The van der Waals surface area contributed by atoms with Crippen LogP contribution < -0.4 is 5.32 Å². The number of carbonyl (C=O) groups is 1. The lowest BCUT2D eigenvalue weighted by atomic mass is 10.5. The number of carbonyl (C=O) groups excluding carboxylic acids is 1. The average molecular weight is 220 g/mol. The van der Waals surface area contributed by atoms with Crippen molar-refractivity contribution in [2.75, 3.05) is 19.0 Å². The van der Waals surface area contributed by atoms with E-state index >= 15 is 0 Å². The molecule has 0 aliphatic rings. The van der Waals surface area contributed by atoms with Crippen LogP contribution in [0.1, 0.15) is 17.4 Å². The van der Waals surface area contributed by atoms with Gasteiger partial charge in [-0.1, -0.05) is 0 Å². The van der Waals surface area contributed by atoms with E-state index in [1.54, 1.807) is 37.0 Å². The first-order chi connectivity index (χ1) is 7.76. The predicted octanol–water partition coefficient (Wildman–Crippen LogP) is 0.948. The van der Waals surface area contributed by atoms with Gasteiger partial charge in [0.05, 0.1) is 6.61 Å². The van der Waals surface area contributed by atoms with Gasteiger partial charge in [0.25, 0.3) is 0 Å². The lowest BCUT2D eigenvalue weighted by molar-refractivity contribution is 0.0520. The third-order valence-corrected chi connectivity index (χ3v) is 2.10. The molecule has 2 aromatic rings. The molecular weight excluding hydrogens is 208 g/mol. The summed E-state index contributed by atoms with van der Waals surface area (Å²) >= 11 is 0. The monoisotopic (exact) mass is 220 g/mol. The Kier molecular flexibility index (Phi) is 2.72. The first-order valence-electron chi connectivity index (χ1n) is 4.95. The SMILES string of the molecule is CCOC(=O)c1cn2ccnc(NC)c2n1. The number of hydrogen-bond acceptors (Lipinski definition) is 5. The molecule has 0 saturated carbocycles. The molecule has 0 saturated heterocycles. The molecule has 16 heavy (non-hydrogen) atoms. The maximum atomic E-state index is 11.5. The summed E-state index contributed by atoms with van der Waals surface area (Å²) in [6, 6.07) is 0. The summed E-state index contributed by atoms with van der Waals surface area (Å²) < 4.78 is 6.60. The lowest BCUT2D eigenvalue weighted by Gasteiger charge is -1.98. The molecule has 2 aromatic heterocycles. The van der Waals surface area contributed by atoms with Crippen LogP contribution in [0.3, 0.4) is 0 Å². The zero-order valence-corrected chi connectivity index (χ0v) is 9.10. The van der Waals surface area contributed by atoms with Crippen LogP contribution in [0, 0.1) is 0 Å². The van der Waals surface area contributed by atoms with E-state index < -0.39 is 5.97 Å². The van der Waals surface area contributed by atoms with E-state index in [4.69, 9.17) is 4.74 Å². The number of rotatable bonds is 3. The molecule has 6 nitrogen and oxygen atoms in total. The van der Waals surface area contributed by atoms with Crippen LogP contribution in [0.2, 0.25) is 0 Å². The number of aromatic nitrogens is 3. The second-order valence-electron chi connectivity index (χ2n) is 3.10. The van der Waals surface area contributed by atoms with Gasteiger partial charge in [-0.05, 0) is 6.92 Å². The van der Waals surface area contributed by atoms with Crippen molar-refractivity contribution in [2.45, 2.75) is 6.92 Å². The number of imidazole rings is 1. The molecule has 1 N–H and O–H groups in total. The van der Waals surface area contributed by atoms with E-state index in [1.807, 2.05) is 0 Å². The van der Waals surface area contributed by atoms with Crippen molar-refractivity contribution in [3.63, 3.8) is 0 Å². The Morgan fingerprint density at radius 2 is 2.44 bits per heavy atom. The molecule has 0 unspecified atom stereocenters. The van der Waals surface area contributed by atoms with Crippen LogP contribution in [-0.2, 0) is 4.74 Å². The molecule has 0 aliphatic carbocycles. The van der Waals surface area contributed by atoms with Gasteiger partial charge in [0.1, 0.15) is 0 Å². The molecule has 84 valence electrons. The smallest absolute Gasteiger partial charge is 0.358 e. The highest BCUT2D eigenvalue weighted by molar-refractivity contribution is 5.88. The van der Waals surface area contributed by atoms with Crippen molar-refractivity contribution in [1.29, 1.82) is 0 Å². The van der Waals surface area contributed by atoms with Crippen molar-refractivity contribution in [3.8, 4) is 0 Å². The van der Waals surface area contributed by atoms with E-state index in [9.17, 15) is 4.79 Å². The van der Waals surface area contributed by atoms with E-state index in [-0.39, 0.29) is 5.69 Å². The normalized spacial score (nSPS) is 10.4. The highest BCUT2D eigenvalue weighted by Gasteiger charge is 2.13. The number of hydrogen-bond donors (Lipinski definition) is 1. The second-order valence-corrected chi connectivity index (χ2v) is 3.10. The Bertz CT molecular complexity index is 521. The van der Waals surface area contributed by atoms with E-state index in [0.29, 0.717) is 18.1 Å². The molecular formula is C10H12N4O2. The maximum Gasteiger partial charge on any atom is 0.358 e. The highest BCUT2D eigenvalue weighted by Crippen LogP contribution is 2.13. The number of nitrogens with one attached hydrogen (secondary N) is 1. The van der Waals surface area contributed by atoms with Crippen molar-refractivity contribution >= 4 is 17.4 Å². The summed E-state index contributed by atoms with van der Waals surface area (Å²) in [5, 5.41) is 2.91. The number of ether oxygens (including phenoxy) is 1. The summed E-state index contributed by atoms with van der Waals surface area (Å²) in [5.74, 6) is 0.200. The van der Waals surface area contributed by atoms with Crippen LogP contribution in [-0.4, -0.2) is 34.0 Å². The van der Waals surface area contributed by atoms with E-state index in [2.05, 4.69) is 15.3 Å². The molecule has 0 radical (unpaired) electrons. The molecule has 0 bridgehead atoms. The molecule has 0 amide bonds. The van der Waals surface area contributed by atoms with E-state index in [0.717, 1.165) is 0 Å². The first-order valence-corrected chi connectivity index (χ1v) is 4.95. The van der Waals surface area contributed by atoms with Gasteiger partial charge in [-0.25, -0.2) is 14.8 Å². The fourth-order valence-electron chi connectivity index (χ4n) is 1.40. The number of fused-ring (bicyclic) bond motifs is 1. The maximum absolute atomic E-state index is 11.5. The van der Waals surface area contributed by atoms with Gasteiger partial charge >= 0.3 is 5.97 Å². The minimum Gasteiger partial charge on any atom is -0.461 e. The number of nitrogens with zero attached hydrogens (tertiary/aromatic N) is 3. The topological polar surface area (TPSA) is 68.5 Å². The molecule has 0 fully saturated rings. The molecule has 6 heteroatoms. The van der Waals surface area contributed by atoms with Crippen LogP contribution in [0.5, 0.6) is 0 Å². The standard InChI is InChI=1S/C10H12N4O2/c1-3-16-10(15)7-6-14-5-4-12-8(11-2)9(14)13-7/h4-6H,3H2,1-2H3,(H,11,12). The lowest BCUT2D eigenvalue weighted by Crippen LogP contribution is -2.04. The summed E-state index contributed by atoms with van der Waals surface area (Å²) in [6.07, 6.45) is 4.98. The van der Waals surface area contributed by atoms with Crippen molar-refractivity contribution in [2.24, 2.45) is 0 Å². The Balaban J connectivity index is 2.47. The third kappa shape index (κ3) is 1.69. The minimum absolute atomic E-state index is 0.284. The Morgan fingerprint density at radius 3 is 3.12 bits per heavy atom. The third-order valence-electron chi connectivity index (χ3n) is 2.10. The Morgan fingerprint density at radius 1 is 1.62 bits per heavy atom. The first kappa shape index (κ1) is 10.4. The van der Waals surface area contributed by atoms with Gasteiger partial charge in [0, 0.05) is 25.6 Å². The fraction of sp³-hybridized carbons (Fsp3) is 0.300. The zero-order valence-electron chi connectivity index (χ0n) is 9.10. The second kappa shape index (κ2) is 4.18. The fourth-order valence-corrected chi connectivity index (χ4v) is 1.40. The van der Waals surface area contributed by atoms with Crippen molar-refractivity contribution in [1.82, 2.24) is 14.4 Å². The summed E-state index contributed by atoms with van der Waals surface area (Å²) in [7, 11) is 1.75.